The first-order chi connectivity index (χ1) is 6.73. The number of halogens is 3. The van der Waals surface area contributed by atoms with Crippen LogP contribution in [0.2, 0.25) is 0 Å². The first-order valence-electron chi connectivity index (χ1n) is 4.58. The van der Waals surface area contributed by atoms with Crippen molar-refractivity contribution in [2.45, 2.75) is 39.0 Å². The Labute approximate surface area is 86.1 Å². The smallest absolute Gasteiger partial charge is 0.326 e. The van der Waals surface area contributed by atoms with Crippen LogP contribution in [0, 0.1) is 13.8 Å². The maximum Gasteiger partial charge on any atom is 0.412 e. The fraction of sp³-hybridized carbons (Fsp3) is 0.667. The van der Waals surface area contributed by atoms with Crippen molar-refractivity contribution < 1.29 is 13.2 Å². The Balaban J connectivity index is 3.16. The molecule has 86 valence electrons. The number of hydrogen-bond donors (Lipinski definition) is 1. The summed E-state index contributed by atoms with van der Waals surface area (Å²) in [4.78, 5) is 0. The van der Waals surface area contributed by atoms with Gasteiger partial charge in [0.1, 0.15) is 0 Å². The molecule has 1 heterocycles. The fourth-order valence-corrected chi connectivity index (χ4v) is 1.59. The van der Waals surface area contributed by atoms with Gasteiger partial charge in [-0.15, -0.1) is 0 Å². The van der Waals surface area contributed by atoms with Crippen molar-refractivity contribution in [3.8, 4) is 0 Å². The molecule has 15 heavy (non-hydrogen) atoms. The van der Waals surface area contributed by atoms with Gasteiger partial charge in [-0.2, -0.15) is 18.3 Å². The summed E-state index contributed by atoms with van der Waals surface area (Å²) in [5, 5.41) is 3.81. The molecular weight excluding hydrogens is 207 g/mol. The number of nitrogens with two attached hydrogens (primary N) is 1. The highest BCUT2D eigenvalue weighted by molar-refractivity contribution is 5.09. The van der Waals surface area contributed by atoms with Crippen molar-refractivity contribution in [1.29, 1.82) is 0 Å². The zero-order valence-electron chi connectivity index (χ0n) is 8.84. The van der Waals surface area contributed by atoms with Crippen LogP contribution >= 0.6 is 0 Å². The summed E-state index contributed by atoms with van der Waals surface area (Å²) in [7, 11) is 0. The molecule has 0 saturated heterocycles. The number of aryl methyl sites for hydroxylation is 2. The van der Waals surface area contributed by atoms with Crippen LogP contribution < -0.4 is 5.73 Å². The number of aromatic nitrogens is 2. The third-order valence-electron chi connectivity index (χ3n) is 2.14. The molecule has 0 saturated carbocycles. The lowest BCUT2D eigenvalue weighted by atomic mass is 10.1. The van der Waals surface area contributed by atoms with Gasteiger partial charge in [0.2, 0.25) is 0 Å². The molecule has 0 aliphatic heterocycles. The maximum absolute atomic E-state index is 12.7. The van der Waals surface area contributed by atoms with E-state index in [0.717, 1.165) is 4.68 Å². The third kappa shape index (κ3) is 2.50. The molecule has 0 aliphatic carbocycles. The lowest BCUT2D eigenvalue weighted by molar-refractivity contribution is -0.174. The van der Waals surface area contributed by atoms with Gasteiger partial charge in [-0.3, -0.25) is 4.68 Å². The lowest BCUT2D eigenvalue weighted by Crippen LogP contribution is -2.40. The highest BCUT2D eigenvalue weighted by Gasteiger charge is 2.44. The lowest BCUT2D eigenvalue weighted by Gasteiger charge is -2.25. The number of rotatable bonds is 2. The van der Waals surface area contributed by atoms with Crippen molar-refractivity contribution in [3.05, 3.63) is 17.5 Å². The van der Waals surface area contributed by atoms with Crippen molar-refractivity contribution >= 4 is 0 Å². The molecule has 0 aromatic carbocycles. The fourth-order valence-electron chi connectivity index (χ4n) is 1.59. The zero-order chi connectivity index (χ0) is 11.8. The molecular formula is C9H14F3N3. The Hall–Kier alpha value is -1.04. The highest BCUT2D eigenvalue weighted by atomic mass is 19.4. The van der Waals surface area contributed by atoms with E-state index in [9.17, 15) is 13.2 Å². The number of hydrogen-bond acceptors (Lipinski definition) is 2. The second kappa shape index (κ2) is 3.84. The average molecular weight is 221 g/mol. The molecule has 0 amide bonds. The number of alkyl halides is 3. The first kappa shape index (κ1) is 12.0. The minimum atomic E-state index is -4.38. The van der Waals surface area contributed by atoms with Crippen LogP contribution in [-0.4, -0.2) is 22.0 Å². The summed E-state index contributed by atoms with van der Waals surface area (Å²) >= 11 is 0. The summed E-state index contributed by atoms with van der Waals surface area (Å²) < 4.78 is 39.1. The van der Waals surface area contributed by atoms with Crippen molar-refractivity contribution in [1.82, 2.24) is 9.78 Å². The Morgan fingerprint density at radius 1 is 1.40 bits per heavy atom. The third-order valence-corrected chi connectivity index (χ3v) is 2.14. The number of nitrogens with zero attached hydrogens (tertiary/aromatic N) is 2. The average Bonchev–Trinajstić information content (AvgIpc) is 2.26. The van der Waals surface area contributed by atoms with Gasteiger partial charge in [-0.1, -0.05) is 0 Å². The molecule has 2 N–H and O–H groups in total. The molecule has 1 aromatic heterocycles. The van der Waals surface area contributed by atoms with Gasteiger partial charge in [-0.05, 0) is 26.8 Å². The Morgan fingerprint density at radius 2 is 1.93 bits per heavy atom. The van der Waals surface area contributed by atoms with Crippen LogP contribution in [0.25, 0.3) is 0 Å². The molecule has 0 spiro atoms. The maximum atomic E-state index is 12.7. The van der Waals surface area contributed by atoms with Gasteiger partial charge in [-0.25, -0.2) is 0 Å². The van der Waals surface area contributed by atoms with E-state index >= 15 is 0 Å². The van der Waals surface area contributed by atoms with E-state index in [2.05, 4.69) is 5.10 Å². The van der Waals surface area contributed by atoms with E-state index in [1.165, 1.54) is 6.92 Å². The summed E-state index contributed by atoms with van der Waals surface area (Å²) in [6.07, 6.45) is -4.38. The summed E-state index contributed by atoms with van der Waals surface area (Å²) in [6, 6.07) is -1.18. The van der Waals surface area contributed by atoms with E-state index in [-0.39, 0.29) is 0 Å². The molecule has 6 heteroatoms. The summed E-state index contributed by atoms with van der Waals surface area (Å²) in [5.74, 6) is 0. The van der Waals surface area contributed by atoms with E-state index in [0.29, 0.717) is 11.4 Å². The van der Waals surface area contributed by atoms with Crippen LogP contribution in [-0.2, 0) is 0 Å². The Kier molecular flexibility index (Phi) is 3.08. The van der Waals surface area contributed by atoms with Gasteiger partial charge in [0.05, 0.1) is 5.69 Å². The molecule has 1 aromatic rings. The van der Waals surface area contributed by atoms with E-state index in [1.807, 2.05) is 0 Å². The second-order valence-electron chi connectivity index (χ2n) is 3.72. The second-order valence-corrected chi connectivity index (χ2v) is 3.72. The molecule has 0 radical (unpaired) electrons. The standard InChI is InChI=1S/C9H14F3N3/c1-5-4-6(2)15(14-5)8(7(3)13)9(10,11)12/h4,7-8H,13H2,1-3H3. The quantitative estimate of drug-likeness (QED) is 0.829. The Morgan fingerprint density at radius 3 is 2.20 bits per heavy atom. The molecule has 2 unspecified atom stereocenters. The van der Waals surface area contributed by atoms with Crippen LogP contribution in [0.15, 0.2) is 6.07 Å². The topological polar surface area (TPSA) is 43.8 Å². The molecule has 0 bridgehead atoms. The van der Waals surface area contributed by atoms with Gasteiger partial charge in [0.15, 0.2) is 6.04 Å². The zero-order valence-corrected chi connectivity index (χ0v) is 8.84. The normalized spacial score (nSPS) is 16.5. The molecule has 0 fully saturated rings. The highest BCUT2D eigenvalue weighted by Crippen LogP contribution is 2.33. The van der Waals surface area contributed by atoms with Gasteiger partial charge < -0.3 is 5.73 Å². The molecule has 2 atom stereocenters. The minimum Gasteiger partial charge on any atom is -0.326 e. The van der Waals surface area contributed by atoms with Crippen molar-refractivity contribution in [3.63, 3.8) is 0 Å². The monoisotopic (exact) mass is 221 g/mol. The van der Waals surface area contributed by atoms with Crippen molar-refractivity contribution in [2.24, 2.45) is 5.73 Å². The van der Waals surface area contributed by atoms with Crippen LogP contribution in [0.3, 0.4) is 0 Å². The van der Waals surface area contributed by atoms with Crippen molar-refractivity contribution in [2.75, 3.05) is 0 Å². The predicted molar refractivity (Wildman–Crippen MR) is 50.4 cm³/mol. The van der Waals surface area contributed by atoms with Crippen LogP contribution in [0.4, 0.5) is 13.2 Å². The van der Waals surface area contributed by atoms with Gasteiger partial charge in [0.25, 0.3) is 0 Å². The minimum absolute atomic E-state index is 0.465. The van der Waals surface area contributed by atoms with E-state index in [4.69, 9.17) is 5.73 Å². The summed E-state index contributed by atoms with van der Waals surface area (Å²) in [5.41, 5.74) is 6.37. The predicted octanol–water partition coefficient (Wildman–Crippen LogP) is 1.95. The van der Waals surface area contributed by atoms with Crippen LogP contribution in [0.1, 0.15) is 24.4 Å². The molecule has 1 rings (SSSR count). The Bertz CT molecular complexity index is 341. The van der Waals surface area contributed by atoms with E-state index < -0.39 is 18.3 Å². The first-order valence-corrected chi connectivity index (χ1v) is 4.58. The van der Waals surface area contributed by atoms with Gasteiger partial charge in [0, 0.05) is 11.7 Å². The van der Waals surface area contributed by atoms with Gasteiger partial charge >= 0.3 is 6.18 Å². The molecule has 3 nitrogen and oxygen atoms in total. The largest absolute Gasteiger partial charge is 0.412 e. The SMILES string of the molecule is Cc1cc(C)n(C(C(C)N)C(F)(F)F)n1. The van der Waals surface area contributed by atoms with E-state index in [1.54, 1.807) is 19.9 Å². The van der Waals surface area contributed by atoms with Crippen LogP contribution in [0.5, 0.6) is 0 Å². The molecule has 0 aliphatic rings. The summed E-state index contributed by atoms with van der Waals surface area (Å²) in [6.45, 7) is 4.56.